The number of aromatic nitrogens is 3. The topological polar surface area (TPSA) is 145 Å². The molecule has 0 radical (unpaired) electrons. The summed E-state index contributed by atoms with van der Waals surface area (Å²) in [5, 5.41) is 4.20. The van der Waals surface area contributed by atoms with Gasteiger partial charge in [-0.2, -0.15) is 13.2 Å². The van der Waals surface area contributed by atoms with Crippen LogP contribution in [0.5, 0.6) is 5.88 Å². The largest absolute Gasteiger partial charge is 0.476 e. The molecule has 41 heavy (non-hydrogen) atoms. The van der Waals surface area contributed by atoms with E-state index < -0.39 is 39.7 Å². The SMILES string of the molecule is CN=C/C(=C(/C)N)S(=O)(=O)NC(=O)c1ccc(-n2ccc(OCC(C)(C)C(F)(F)F)n2)nc1N1C[C@@H](C)CC1(C)C. The highest BCUT2D eigenvalue weighted by Crippen LogP contribution is 2.39. The molecule has 3 heterocycles. The molecule has 15 heteroatoms. The van der Waals surface area contributed by atoms with E-state index in [0.29, 0.717) is 6.54 Å². The molecular formula is C26H36F3N7O4S. The molecule has 0 spiro atoms. The first kappa shape index (κ1) is 31.9. The molecule has 0 unspecified atom stereocenters. The minimum absolute atomic E-state index is 0.00230. The lowest BCUT2D eigenvalue weighted by molar-refractivity contribution is -0.219. The lowest BCUT2D eigenvalue weighted by atomic mass is 9.94. The number of ether oxygens (including phenoxy) is 1. The van der Waals surface area contributed by atoms with Gasteiger partial charge in [0.05, 0.1) is 11.0 Å². The van der Waals surface area contributed by atoms with E-state index in [4.69, 9.17) is 10.5 Å². The Morgan fingerprint density at radius 2 is 1.95 bits per heavy atom. The number of carbonyl (C=O) groups excluding carboxylic acids is 1. The van der Waals surface area contributed by atoms with Crippen molar-refractivity contribution in [2.24, 2.45) is 22.1 Å². The zero-order valence-electron chi connectivity index (χ0n) is 24.1. The summed E-state index contributed by atoms with van der Waals surface area (Å²) in [6, 6.07) is 4.27. The van der Waals surface area contributed by atoms with Gasteiger partial charge in [-0.15, -0.1) is 5.10 Å². The van der Waals surface area contributed by atoms with Crippen molar-refractivity contribution in [1.29, 1.82) is 0 Å². The number of nitrogens with zero attached hydrogens (tertiary/aromatic N) is 5. The summed E-state index contributed by atoms with van der Waals surface area (Å²) in [5.41, 5.74) is 3.16. The number of alkyl halides is 3. The van der Waals surface area contributed by atoms with Crippen LogP contribution in [0.4, 0.5) is 19.0 Å². The van der Waals surface area contributed by atoms with Crippen molar-refractivity contribution in [1.82, 2.24) is 19.5 Å². The minimum Gasteiger partial charge on any atom is -0.476 e. The van der Waals surface area contributed by atoms with Crippen LogP contribution in [0.15, 0.2) is 40.0 Å². The predicted octanol–water partition coefficient (Wildman–Crippen LogP) is 3.81. The second-order valence-electron chi connectivity index (χ2n) is 11.4. The van der Waals surface area contributed by atoms with Crippen LogP contribution in [0.1, 0.15) is 58.3 Å². The molecule has 0 saturated carbocycles. The number of halogens is 3. The monoisotopic (exact) mass is 599 g/mol. The van der Waals surface area contributed by atoms with E-state index in [0.717, 1.165) is 26.5 Å². The van der Waals surface area contributed by atoms with E-state index in [9.17, 15) is 26.4 Å². The Morgan fingerprint density at radius 3 is 2.49 bits per heavy atom. The van der Waals surface area contributed by atoms with E-state index in [1.807, 2.05) is 18.7 Å². The van der Waals surface area contributed by atoms with Gasteiger partial charge in [-0.25, -0.2) is 22.8 Å². The molecule has 11 nitrogen and oxygen atoms in total. The van der Waals surface area contributed by atoms with E-state index in [1.54, 1.807) is 0 Å². The van der Waals surface area contributed by atoms with E-state index in [-0.39, 0.29) is 39.6 Å². The number of amides is 1. The number of rotatable bonds is 9. The molecule has 3 N–H and O–H groups in total. The first-order chi connectivity index (χ1) is 18.8. The third-order valence-corrected chi connectivity index (χ3v) is 8.19. The number of nitrogens with one attached hydrogen (secondary N) is 1. The van der Waals surface area contributed by atoms with Crippen LogP contribution in [0.3, 0.4) is 0 Å². The number of carbonyl (C=O) groups is 1. The summed E-state index contributed by atoms with van der Waals surface area (Å²) in [4.78, 5) is 23.3. The molecule has 1 aliphatic heterocycles. The Morgan fingerprint density at radius 1 is 1.29 bits per heavy atom. The highest BCUT2D eigenvalue weighted by Gasteiger charge is 2.48. The molecule has 2 aromatic heterocycles. The van der Waals surface area contributed by atoms with Crippen LogP contribution in [0, 0.1) is 11.3 Å². The lowest BCUT2D eigenvalue weighted by Crippen LogP contribution is -2.41. The summed E-state index contributed by atoms with van der Waals surface area (Å²) < 4.78 is 74.2. The van der Waals surface area contributed by atoms with Gasteiger partial charge in [-0.3, -0.25) is 9.79 Å². The van der Waals surface area contributed by atoms with Gasteiger partial charge >= 0.3 is 6.18 Å². The van der Waals surface area contributed by atoms with Crippen LogP contribution >= 0.6 is 0 Å². The smallest absolute Gasteiger partial charge is 0.397 e. The van der Waals surface area contributed by atoms with Crippen molar-refractivity contribution in [3.8, 4) is 11.7 Å². The van der Waals surface area contributed by atoms with Gasteiger partial charge in [0.25, 0.3) is 15.9 Å². The summed E-state index contributed by atoms with van der Waals surface area (Å²) in [5.74, 6) is -0.234. The molecular weight excluding hydrogens is 563 g/mol. The second-order valence-corrected chi connectivity index (χ2v) is 13.1. The molecule has 1 amide bonds. The van der Waals surface area contributed by atoms with Gasteiger partial charge < -0.3 is 15.4 Å². The number of pyridine rings is 1. The maximum absolute atomic E-state index is 13.4. The van der Waals surface area contributed by atoms with Crippen molar-refractivity contribution in [2.75, 3.05) is 25.1 Å². The van der Waals surface area contributed by atoms with E-state index in [1.165, 1.54) is 43.0 Å². The molecule has 1 aliphatic rings. The second kappa shape index (κ2) is 11.3. The highest BCUT2D eigenvalue weighted by molar-refractivity contribution is 7.94. The summed E-state index contributed by atoms with van der Waals surface area (Å²) in [7, 11) is -2.98. The Bertz CT molecular complexity index is 1460. The number of nitrogens with two attached hydrogens (primary N) is 1. The van der Waals surface area contributed by atoms with Crippen LogP contribution < -0.4 is 20.1 Å². The molecule has 1 saturated heterocycles. The molecule has 2 aromatic rings. The average Bonchev–Trinajstić information content (AvgIpc) is 3.42. The first-order valence-corrected chi connectivity index (χ1v) is 14.3. The maximum atomic E-state index is 13.4. The maximum Gasteiger partial charge on any atom is 0.397 e. The molecule has 3 rings (SSSR count). The zero-order valence-corrected chi connectivity index (χ0v) is 24.9. The van der Waals surface area contributed by atoms with Crippen LogP contribution in [0.2, 0.25) is 0 Å². The normalized spacial score (nSPS) is 18.5. The number of aliphatic imine (C=N–C) groups is 1. The summed E-state index contributed by atoms with van der Waals surface area (Å²) in [6.07, 6.45) is -1.15. The van der Waals surface area contributed by atoms with Crippen LogP contribution in [0.25, 0.3) is 5.82 Å². The van der Waals surface area contributed by atoms with Crippen molar-refractivity contribution < 1.29 is 31.1 Å². The Kier molecular flexibility index (Phi) is 8.82. The standard InChI is InChI=1S/C26H36F3N7O4S/c1-16-12-25(5,6)35(14-16)22-18(23(37)34-41(38,39)19(13-31-7)17(2)30)8-9-20(32-22)36-11-10-21(33-36)40-15-24(3,4)26(27,28)29/h8-11,13,16H,12,14-15,30H2,1-7H3,(H,34,37)/b19-17+,31-13?/t16-/m0/s1. The van der Waals surface area contributed by atoms with Gasteiger partial charge in [0, 0.05) is 43.3 Å². The molecule has 1 atom stereocenters. The fraction of sp³-hybridized carbons (Fsp3) is 0.538. The van der Waals surface area contributed by atoms with Gasteiger partial charge in [-0.05, 0) is 59.1 Å². The number of allylic oxidation sites excluding steroid dienone is 2. The third-order valence-electron chi connectivity index (χ3n) is 6.73. The number of hydrogen-bond donors (Lipinski definition) is 2. The van der Waals surface area contributed by atoms with Crippen molar-refractivity contribution >= 4 is 28.0 Å². The minimum atomic E-state index is -4.46. The van der Waals surface area contributed by atoms with E-state index in [2.05, 4.69) is 26.7 Å². The first-order valence-electron chi connectivity index (χ1n) is 12.8. The molecule has 0 aliphatic carbocycles. The Labute approximate surface area is 237 Å². The Balaban J connectivity index is 2.01. The van der Waals surface area contributed by atoms with Crippen molar-refractivity contribution in [2.45, 2.75) is 59.7 Å². The van der Waals surface area contributed by atoms with Gasteiger partial charge in [-0.1, -0.05) is 6.92 Å². The summed E-state index contributed by atoms with van der Waals surface area (Å²) in [6.45, 7) is 9.38. The van der Waals surface area contributed by atoms with Crippen molar-refractivity contribution in [3.63, 3.8) is 0 Å². The number of anilines is 1. The predicted molar refractivity (Wildman–Crippen MR) is 150 cm³/mol. The molecule has 226 valence electrons. The summed E-state index contributed by atoms with van der Waals surface area (Å²) >= 11 is 0. The van der Waals surface area contributed by atoms with Crippen LogP contribution in [-0.4, -0.2) is 67.2 Å². The molecule has 0 aromatic carbocycles. The van der Waals surface area contributed by atoms with Crippen molar-refractivity contribution in [3.05, 3.63) is 40.6 Å². The lowest BCUT2D eigenvalue weighted by Gasteiger charge is -2.34. The third kappa shape index (κ3) is 7.00. The highest BCUT2D eigenvalue weighted by atomic mass is 32.2. The average molecular weight is 600 g/mol. The van der Waals surface area contributed by atoms with Gasteiger partial charge in [0.15, 0.2) is 5.82 Å². The fourth-order valence-corrected chi connectivity index (χ4v) is 5.62. The van der Waals surface area contributed by atoms with Gasteiger partial charge in [0.1, 0.15) is 17.3 Å². The van der Waals surface area contributed by atoms with E-state index >= 15 is 0 Å². The zero-order chi connectivity index (χ0) is 31.0. The number of sulfonamides is 1. The fourth-order valence-electron chi connectivity index (χ4n) is 4.49. The molecule has 0 bridgehead atoms. The quantitative estimate of drug-likeness (QED) is 0.414. The number of hydrogen-bond acceptors (Lipinski definition) is 9. The Hall–Kier alpha value is -3.62. The molecule has 1 fully saturated rings. The van der Waals surface area contributed by atoms with Gasteiger partial charge in [0.2, 0.25) is 5.88 Å². The van der Waals surface area contributed by atoms with Crippen LogP contribution in [-0.2, 0) is 10.0 Å².